The number of methoxy groups -OCH3 is 1. The molecule has 1 rings (SSSR count). The first kappa shape index (κ1) is 18.3. The molecule has 0 unspecified atom stereocenters. The molecule has 0 saturated carbocycles. The molecule has 0 spiro atoms. The minimum absolute atomic E-state index is 0.0272. The lowest BCUT2D eigenvalue weighted by Gasteiger charge is -2.16. The second-order valence-corrected chi connectivity index (χ2v) is 4.90. The smallest absolute Gasteiger partial charge is 0.267 e. The number of nitrogens with zero attached hydrogens (tertiary/aromatic N) is 2. The highest BCUT2D eigenvalue weighted by Crippen LogP contribution is 2.27. The summed E-state index contributed by atoms with van der Waals surface area (Å²) in [5.74, 6) is -0.0179. The van der Waals surface area contributed by atoms with Gasteiger partial charge in [-0.15, -0.1) is 13.2 Å². The first-order valence-corrected chi connectivity index (χ1v) is 7.16. The Morgan fingerprint density at radius 3 is 2.57 bits per heavy atom. The minimum atomic E-state index is -0.521. The van der Waals surface area contributed by atoms with Crippen LogP contribution in [-0.2, 0) is 4.79 Å². The molecule has 5 nitrogen and oxygen atoms in total. The SMILES string of the molecule is C=CCN(/C=C(/C#N)C(=O)Nc1ccc(OC)c(Cl)c1)CC=C. The van der Waals surface area contributed by atoms with Crippen LogP contribution in [0, 0.1) is 11.3 Å². The Labute approximate surface area is 141 Å². The lowest BCUT2D eigenvalue weighted by Crippen LogP contribution is -2.21. The molecule has 0 aliphatic rings. The number of rotatable bonds is 8. The van der Waals surface area contributed by atoms with Gasteiger partial charge in [-0.3, -0.25) is 4.79 Å². The molecular weight excluding hydrogens is 314 g/mol. The van der Waals surface area contributed by atoms with E-state index in [0.717, 1.165) is 0 Å². The number of nitriles is 1. The van der Waals surface area contributed by atoms with Crippen molar-refractivity contribution in [3.05, 3.63) is 60.3 Å². The summed E-state index contributed by atoms with van der Waals surface area (Å²) < 4.78 is 5.05. The molecule has 23 heavy (non-hydrogen) atoms. The average molecular weight is 332 g/mol. The number of halogens is 1. The Kier molecular flexibility index (Phi) is 7.44. The van der Waals surface area contributed by atoms with E-state index in [1.54, 1.807) is 35.3 Å². The standard InChI is InChI=1S/C17H18ClN3O2/c1-4-8-21(9-5-2)12-13(11-19)17(22)20-14-6-7-16(23-3)15(18)10-14/h4-7,10,12H,1-2,8-9H2,3H3,(H,20,22)/b13-12-. The predicted molar refractivity (Wildman–Crippen MR) is 92.3 cm³/mol. The van der Waals surface area contributed by atoms with Crippen molar-refractivity contribution in [2.24, 2.45) is 0 Å². The topological polar surface area (TPSA) is 65.4 Å². The number of ether oxygens (including phenoxy) is 1. The number of nitrogens with one attached hydrogen (secondary N) is 1. The van der Waals surface area contributed by atoms with Crippen molar-refractivity contribution in [2.75, 3.05) is 25.5 Å². The second kappa shape index (κ2) is 9.34. The van der Waals surface area contributed by atoms with Crippen LogP contribution in [0.1, 0.15) is 0 Å². The summed E-state index contributed by atoms with van der Waals surface area (Å²) in [6.07, 6.45) is 4.83. The maximum atomic E-state index is 12.2. The summed E-state index contributed by atoms with van der Waals surface area (Å²) in [4.78, 5) is 13.9. The van der Waals surface area contributed by atoms with Crippen molar-refractivity contribution in [1.29, 1.82) is 5.26 Å². The van der Waals surface area contributed by atoms with E-state index in [2.05, 4.69) is 18.5 Å². The van der Waals surface area contributed by atoms with Gasteiger partial charge in [0.25, 0.3) is 5.91 Å². The molecule has 0 aliphatic heterocycles. The quantitative estimate of drug-likeness (QED) is 0.450. The average Bonchev–Trinajstić information content (AvgIpc) is 2.53. The van der Waals surface area contributed by atoms with Crippen LogP contribution in [0.3, 0.4) is 0 Å². The fourth-order valence-electron chi connectivity index (χ4n) is 1.77. The first-order valence-electron chi connectivity index (χ1n) is 6.78. The van der Waals surface area contributed by atoms with E-state index in [-0.39, 0.29) is 5.57 Å². The van der Waals surface area contributed by atoms with Gasteiger partial charge in [-0.05, 0) is 18.2 Å². The Bertz CT molecular complexity index is 652. The summed E-state index contributed by atoms with van der Waals surface area (Å²) in [6, 6.07) is 6.72. The van der Waals surface area contributed by atoms with Gasteiger partial charge in [0.15, 0.2) is 0 Å². The second-order valence-electron chi connectivity index (χ2n) is 4.49. The molecular formula is C17H18ClN3O2. The van der Waals surface area contributed by atoms with Gasteiger partial charge < -0.3 is 15.0 Å². The fraction of sp³-hybridized carbons (Fsp3) is 0.176. The molecule has 0 atom stereocenters. The van der Waals surface area contributed by atoms with Crippen molar-refractivity contribution >= 4 is 23.2 Å². The molecule has 0 fully saturated rings. The number of hydrogen-bond acceptors (Lipinski definition) is 4. The molecule has 0 heterocycles. The van der Waals surface area contributed by atoms with Crippen LogP contribution in [0.5, 0.6) is 5.75 Å². The number of hydrogen-bond donors (Lipinski definition) is 1. The molecule has 0 radical (unpaired) electrons. The van der Waals surface area contributed by atoms with Crippen molar-refractivity contribution in [3.8, 4) is 11.8 Å². The molecule has 1 N–H and O–H groups in total. The highest BCUT2D eigenvalue weighted by molar-refractivity contribution is 6.32. The van der Waals surface area contributed by atoms with Gasteiger partial charge in [-0.25, -0.2) is 0 Å². The van der Waals surface area contributed by atoms with E-state index in [4.69, 9.17) is 16.3 Å². The highest BCUT2D eigenvalue weighted by atomic mass is 35.5. The van der Waals surface area contributed by atoms with Gasteiger partial charge in [-0.2, -0.15) is 5.26 Å². The largest absolute Gasteiger partial charge is 0.495 e. The van der Waals surface area contributed by atoms with Crippen LogP contribution in [0.15, 0.2) is 55.3 Å². The van der Waals surface area contributed by atoms with Crippen LogP contribution in [-0.4, -0.2) is 31.0 Å². The van der Waals surface area contributed by atoms with Crippen molar-refractivity contribution < 1.29 is 9.53 Å². The van der Waals surface area contributed by atoms with Crippen molar-refractivity contribution in [2.45, 2.75) is 0 Å². The van der Waals surface area contributed by atoms with E-state index in [9.17, 15) is 10.1 Å². The summed E-state index contributed by atoms with van der Waals surface area (Å²) in [5.41, 5.74) is 0.446. The van der Waals surface area contributed by atoms with Crippen LogP contribution in [0.2, 0.25) is 5.02 Å². The monoisotopic (exact) mass is 331 g/mol. The normalized spacial score (nSPS) is 10.4. The maximum absolute atomic E-state index is 12.2. The van der Waals surface area contributed by atoms with Crippen molar-refractivity contribution in [1.82, 2.24) is 4.90 Å². The lowest BCUT2D eigenvalue weighted by atomic mass is 10.2. The molecule has 0 aromatic heterocycles. The molecule has 120 valence electrons. The zero-order valence-electron chi connectivity index (χ0n) is 12.9. The van der Waals surface area contributed by atoms with Gasteiger partial charge in [0.05, 0.1) is 12.1 Å². The molecule has 6 heteroatoms. The zero-order chi connectivity index (χ0) is 17.2. The molecule has 1 aromatic rings. The van der Waals surface area contributed by atoms with Gasteiger partial charge in [0.2, 0.25) is 0 Å². The predicted octanol–water partition coefficient (Wildman–Crippen LogP) is 3.37. The summed E-state index contributed by atoms with van der Waals surface area (Å²) in [6.45, 7) is 8.28. The van der Waals surface area contributed by atoms with Gasteiger partial charge >= 0.3 is 0 Å². The van der Waals surface area contributed by atoms with Crippen LogP contribution in [0.4, 0.5) is 5.69 Å². The third-order valence-electron chi connectivity index (χ3n) is 2.81. The van der Waals surface area contributed by atoms with E-state index in [1.807, 2.05) is 6.07 Å². The molecule has 0 saturated heterocycles. The maximum Gasteiger partial charge on any atom is 0.267 e. The summed E-state index contributed by atoms with van der Waals surface area (Å²) in [7, 11) is 1.50. The molecule has 1 aromatic carbocycles. The number of amides is 1. The minimum Gasteiger partial charge on any atom is -0.495 e. The van der Waals surface area contributed by atoms with Crippen LogP contribution < -0.4 is 10.1 Å². The molecule has 1 amide bonds. The Hall–Kier alpha value is -2.71. The van der Waals surface area contributed by atoms with Gasteiger partial charge in [0.1, 0.15) is 17.4 Å². The third-order valence-corrected chi connectivity index (χ3v) is 3.11. The molecule has 0 aliphatic carbocycles. The van der Waals surface area contributed by atoms with Gasteiger partial charge in [-0.1, -0.05) is 23.8 Å². The van der Waals surface area contributed by atoms with Crippen LogP contribution >= 0.6 is 11.6 Å². The number of benzene rings is 1. The summed E-state index contributed by atoms with van der Waals surface area (Å²) >= 11 is 6.01. The number of carbonyl (C=O) groups is 1. The third kappa shape index (κ3) is 5.53. The Balaban J connectivity index is 2.92. The molecule has 0 bridgehead atoms. The van der Waals surface area contributed by atoms with Gasteiger partial charge in [0, 0.05) is 25.0 Å². The fourth-order valence-corrected chi connectivity index (χ4v) is 2.03. The van der Waals surface area contributed by atoms with E-state index in [0.29, 0.717) is 29.5 Å². The highest BCUT2D eigenvalue weighted by Gasteiger charge is 2.12. The van der Waals surface area contributed by atoms with E-state index in [1.165, 1.54) is 13.3 Å². The number of carbonyl (C=O) groups excluding carboxylic acids is 1. The Morgan fingerprint density at radius 2 is 2.09 bits per heavy atom. The van der Waals surface area contributed by atoms with Crippen LogP contribution in [0.25, 0.3) is 0 Å². The first-order chi connectivity index (χ1) is 11.0. The lowest BCUT2D eigenvalue weighted by molar-refractivity contribution is -0.112. The van der Waals surface area contributed by atoms with E-state index < -0.39 is 5.91 Å². The Morgan fingerprint density at radius 1 is 1.43 bits per heavy atom. The summed E-state index contributed by atoms with van der Waals surface area (Å²) in [5, 5.41) is 12.2. The van der Waals surface area contributed by atoms with Crippen molar-refractivity contribution in [3.63, 3.8) is 0 Å². The zero-order valence-corrected chi connectivity index (χ0v) is 13.6. The van der Waals surface area contributed by atoms with E-state index >= 15 is 0 Å². The number of anilines is 1.